The van der Waals surface area contributed by atoms with Gasteiger partial charge in [0, 0.05) is 45.5 Å². The van der Waals surface area contributed by atoms with E-state index in [1.807, 2.05) is 48.5 Å². The summed E-state index contributed by atoms with van der Waals surface area (Å²) >= 11 is 6.17. The molecule has 176 valence electrons. The second kappa shape index (κ2) is 9.88. The smallest absolute Gasteiger partial charge is 0.303 e. The van der Waals surface area contributed by atoms with Crippen LogP contribution in [0.4, 0.5) is 4.39 Å². The van der Waals surface area contributed by atoms with Gasteiger partial charge in [-0.2, -0.15) is 0 Å². The van der Waals surface area contributed by atoms with Crippen LogP contribution in [0.5, 0.6) is 0 Å². The molecule has 0 aliphatic carbocycles. The van der Waals surface area contributed by atoms with E-state index >= 15 is 0 Å². The molecule has 0 unspecified atom stereocenters. The van der Waals surface area contributed by atoms with Gasteiger partial charge >= 0.3 is 5.97 Å². The molecule has 0 atom stereocenters. The first kappa shape index (κ1) is 23.1. The third kappa shape index (κ3) is 4.91. The SMILES string of the molecule is O=C(O)CCCCc1cc2c3ccccc3n(Cc3ccc(F)cc3)c2c(-c2ccc(Cl)cc2)n1. The van der Waals surface area contributed by atoms with Gasteiger partial charge in [0.2, 0.25) is 0 Å². The average Bonchev–Trinajstić information content (AvgIpc) is 3.17. The largest absolute Gasteiger partial charge is 0.481 e. The number of unbranched alkanes of at least 4 members (excludes halogenated alkanes) is 1. The minimum atomic E-state index is -0.779. The molecule has 5 rings (SSSR count). The number of carbonyl (C=O) groups is 1. The number of hydrogen-bond donors (Lipinski definition) is 1. The van der Waals surface area contributed by atoms with E-state index in [1.165, 1.54) is 12.1 Å². The van der Waals surface area contributed by atoms with Gasteiger partial charge in [-0.15, -0.1) is 0 Å². The Balaban J connectivity index is 1.70. The number of carboxylic acid groups (broad SMARTS) is 1. The predicted molar refractivity (Wildman–Crippen MR) is 138 cm³/mol. The number of aliphatic carboxylic acids is 1. The molecule has 6 heteroatoms. The topological polar surface area (TPSA) is 55.1 Å². The molecule has 0 spiro atoms. The van der Waals surface area contributed by atoms with Crippen LogP contribution >= 0.6 is 11.6 Å². The molecular formula is C29H24ClFN2O2. The zero-order valence-electron chi connectivity index (χ0n) is 19.0. The van der Waals surface area contributed by atoms with Crippen molar-refractivity contribution < 1.29 is 14.3 Å². The van der Waals surface area contributed by atoms with Gasteiger partial charge in [0.05, 0.1) is 11.2 Å². The highest BCUT2D eigenvalue weighted by Crippen LogP contribution is 2.36. The molecule has 3 aromatic carbocycles. The summed E-state index contributed by atoms with van der Waals surface area (Å²) in [6.45, 7) is 0.574. The van der Waals surface area contributed by atoms with Crippen molar-refractivity contribution in [3.05, 3.63) is 101 Å². The highest BCUT2D eigenvalue weighted by atomic mass is 35.5. The number of halogens is 2. The number of nitrogens with zero attached hydrogens (tertiary/aromatic N) is 2. The summed E-state index contributed by atoms with van der Waals surface area (Å²) in [7, 11) is 0. The van der Waals surface area contributed by atoms with Crippen molar-refractivity contribution in [1.82, 2.24) is 9.55 Å². The van der Waals surface area contributed by atoms with Crippen LogP contribution < -0.4 is 0 Å². The third-order valence-corrected chi connectivity index (χ3v) is 6.50. The van der Waals surface area contributed by atoms with Gasteiger partial charge in [-0.3, -0.25) is 9.78 Å². The molecule has 0 fully saturated rings. The van der Waals surface area contributed by atoms with E-state index in [0.29, 0.717) is 24.4 Å². The lowest BCUT2D eigenvalue weighted by atomic mass is 10.0. The average molecular weight is 487 g/mol. The summed E-state index contributed by atoms with van der Waals surface area (Å²) in [5, 5.41) is 11.8. The van der Waals surface area contributed by atoms with Crippen LogP contribution in [0.15, 0.2) is 78.9 Å². The Morgan fingerprint density at radius 1 is 0.943 bits per heavy atom. The lowest BCUT2D eigenvalue weighted by molar-refractivity contribution is -0.137. The van der Waals surface area contributed by atoms with Gasteiger partial charge < -0.3 is 9.67 Å². The fourth-order valence-corrected chi connectivity index (χ4v) is 4.71. The van der Waals surface area contributed by atoms with E-state index in [9.17, 15) is 9.18 Å². The minimum absolute atomic E-state index is 0.156. The zero-order chi connectivity index (χ0) is 24.4. The van der Waals surface area contributed by atoms with Gasteiger partial charge in [-0.1, -0.05) is 54.1 Å². The van der Waals surface area contributed by atoms with Crippen LogP contribution in [0.2, 0.25) is 5.02 Å². The number of pyridine rings is 1. The molecule has 0 saturated carbocycles. The number of hydrogen-bond acceptors (Lipinski definition) is 2. The minimum Gasteiger partial charge on any atom is -0.481 e. The molecule has 0 saturated heterocycles. The standard InChI is InChI=1S/C29H24ClFN2O2/c30-21-13-11-20(12-14-21)28-29-25(17-23(32-28)5-1-4-8-27(34)35)24-6-2-3-7-26(24)33(29)18-19-9-15-22(31)16-10-19/h2-3,6-7,9-17H,1,4-5,8,18H2,(H,34,35). The Morgan fingerprint density at radius 3 is 2.43 bits per heavy atom. The second-order valence-electron chi connectivity index (χ2n) is 8.70. The van der Waals surface area contributed by atoms with Gasteiger partial charge in [-0.05, 0) is 61.2 Å². The van der Waals surface area contributed by atoms with Gasteiger partial charge in [-0.25, -0.2) is 4.39 Å². The van der Waals surface area contributed by atoms with Gasteiger partial charge in [0.15, 0.2) is 0 Å². The predicted octanol–water partition coefficient (Wildman–Crippen LogP) is 7.49. The first-order valence-corrected chi connectivity index (χ1v) is 12.0. The molecule has 1 N–H and O–H groups in total. The summed E-state index contributed by atoms with van der Waals surface area (Å²) < 4.78 is 15.8. The van der Waals surface area contributed by atoms with E-state index < -0.39 is 5.97 Å². The zero-order valence-corrected chi connectivity index (χ0v) is 19.8. The van der Waals surface area contributed by atoms with Crippen molar-refractivity contribution in [2.45, 2.75) is 32.2 Å². The first-order chi connectivity index (χ1) is 17.0. The molecule has 2 aromatic heterocycles. The first-order valence-electron chi connectivity index (χ1n) is 11.6. The van der Waals surface area contributed by atoms with Crippen LogP contribution in [0, 0.1) is 5.82 Å². The monoisotopic (exact) mass is 486 g/mol. The maximum Gasteiger partial charge on any atom is 0.303 e. The molecule has 4 nitrogen and oxygen atoms in total. The maximum atomic E-state index is 13.5. The van der Waals surface area contributed by atoms with Crippen molar-refractivity contribution in [2.24, 2.45) is 0 Å². The van der Waals surface area contributed by atoms with Crippen LogP contribution in [0.1, 0.15) is 30.5 Å². The quantitative estimate of drug-likeness (QED) is 0.231. The van der Waals surface area contributed by atoms with E-state index in [0.717, 1.165) is 50.7 Å². The van der Waals surface area contributed by atoms with Crippen molar-refractivity contribution in [1.29, 1.82) is 0 Å². The van der Waals surface area contributed by atoms with Crippen LogP contribution in [0.25, 0.3) is 33.1 Å². The van der Waals surface area contributed by atoms with Crippen molar-refractivity contribution >= 4 is 39.4 Å². The highest BCUT2D eigenvalue weighted by Gasteiger charge is 2.18. The number of carboxylic acids is 1. The fourth-order valence-electron chi connectivity index (χ4n) is 4.58. The molecule has 0 radical (unpaired) electrons. The summed E-state index contributed by atoms with van der Waals surface area (Å²) in [6, 6.07) is 24.6. The number of aromatic nitrogens is 2. The molecule has 5 aromatic rings. The number of benzene rings is 3. The number of rotatable bonds is 8. The van der Waals surface area contributed by atoms with Crippen molar-refractivity contribution in [3.8, 4) is 11.3 Å². The molecule has 0 aliphatic heterocycles. The van der Waals surface area contributed by atoms with E-state index in [1.54, 1.807) is 0 Å². The van der Waals surface area contributed by atoms with Crippen molar-refractivity contribution in [2.75, 3.05) is 0 Å². The van der Waals surface area contributed by atoms with Gasteiger partial charge in [0.25, 0.3) is 0 Å². The summed E-state index contributed by atoms with van der Waals surface area (Å²) in [5.74, 6) is -1.04. The van der Waals surface area contributed by atoms with E-state index in [2.05, 4.69) is 22.8 Å². The molecule has 0 aliphatic rings. The maximum absolute atomic E-state index is 13.5. The Hall–Kier alpha value is -3.70. The van der Waals surface area contributed by atoms with Crippen LogP contribution in [-0.2, 0) is 17.8 Å². The van der Waals surface area contributed by atoms with E-state index in [-0.39, 0.29) is 12.2 Å². The molecular weight excluding hydrogens is 463 g/mol. The second-order valence-corrected chi connectivity index (χ2v) is 9.13. The number of aryl methyl sites for hydroxylation is 1. The lowest BCUT2D eigenvalue weighted by Gasteiger charge is -2.13. The van der Waals surface area contributed by atoms with Gasteiger partial charge in [0.1, 0.15) is 5.82 Å². The number of para-hydroxylation sites is 1. The lowest BCUT2D eigenvalue weighted by Crippen LogP contribution is -2.03. The Kier molecular flexibility index (Phi) is 6.51. The normalized spacial score (nSPS) is 11.4. The highest BCUT2D eigenvalue weighted by molar-refractivity contribution is 6.30. The van der Waals surface area contributed by atoms with E-state index in [4.69, 9.17) is 21.7 Å². The molecule has 35 heavy (non-hydrogen) atoms. The Bertz CT molecular complexity index is 1510. The third-order valence-electron chi connectivity index (χ3n) is 6.25. The van der Waals surface area contributed by atoms with Crippen LogP contribution in [-0.4, -0.2) is 20.6 Å². The summed E-state index contributed by atoms with van der Waals surface area (Å²) in [5.41, 5.74) is 5.81. The Morgan fingerprint density at radius 2 is 1.69 bits per heavy atom. The fraction of sp³-hybridized carbons (Fsp3) is 0.172. The number of fused-ring (bicyclic) bond motifs is 3. The summed E-state index contributed by atoms with van der Waals surface area (Å²) in [4.78, 5) is 16.0. The molecule has 2 heterocycles. The summed E-state index contributed by atoms with van der Waals surface area (Å²) in [6.07, 6.45) is 2.21. The molecule has 0 amide bonds. The molecule has 0 bridgehead atoms. The Labute approximate surface area is 207 Å². The van der Waals surface area contributed by atoms with Crippen molar-refractivity contribution in [3.63, 3.8) is 0 Å². The van der Waals surface area contributed by atoms with Crippen LogP contribution in [0.3, 0.4) is 0 Å².